The second-order valence-corrected chi connectivity index (χ2v) is 15.2. The lowest BCUT2D eigenvalue weighted by Gasteiger charge is -2.32. The number of ether oxygens (including phenoxy) is 6. The molecule has 0 spiro atoms. The minimum atomic E-state index is -1.05. The summed E-state index contributed by atoms with van der Waals surface area (Å²) in [6.07, 6.45) is 19.0. The maximum absolute atomic E-state index is 13.6. The number of hydrogen-bond donors (Lipinski definition) is 1. The van der Waals surface area contributed by atoms with Crippen LogP contribution in [0.2, 0.25) is 0 Å². The van der Waals surface area contributed by atoms with Gasteiger partial charge in [0.2, 0.25) is 0 Å². The maximum Gasteiger partial charge on any atom is 0.331 e. The van der Waals surface area contributed by atoms with E-state index in [2.05, 4.69) is 13.2 Å². The van der Waals surface area contributed by atoms with Crippen LogP contribution in [0.15, 0.2) is 134 Å². The summed E-state index contributed by atoms with van der Waals surface area (Å²) in [5, 5.41) is 11.7. The molecule has 60 heavy (non-hydrogen) atoms. The first-order chi connectivity index (χ1) is 28.8. The summed E-state index contributed by atoms with van der Waals surface area (Å²) in [5.41, 5.74) is 3.40. The third-order valence-electron chi connectivity index (χ3n) is 10.1. The molecule has 8 atom stereocenters. The summed E-state index contributed by atoms with van der Waals surface area (Å²) >= 11 is 0. The van der Waals surface area contributed by atoms with Crippen molar-refractivity contribution in [3.05, 3.63) is 145 Å². The van der Waals surface area contributed by atoms with Crippen molar-refractivity contribution >= 4 is 30.1 Å². The topological polar surface area (TPSA) is 127 Å². The van der Waals surface area contributed by atoms with Crippen molar-refractivity contribution in [1.29, 1.82) is 0 Å². The van der Waals surface area contributed by atoms with Gasteiger partial charge in [0.05, 0.1) is 32.3 Å². The number of aliphatic hydroxyl groups is 1. The molecule has 2 unspecified atom stereocenters. The summed E-state index contributed by atoms with van der Waals surface area (Å²) < 4.78 is 34.7. The lowest BCUT2D eigenvalue weighted by Crippen LogP contribution is -2.44. The fourth-order valence-corrected chi connectivity index (χ4v) is 6.73. The molecule has 1 saturated heterocycles. The van der Waals surface area contributed by atoms with Gasteiger partial charge in [-0.05, 0) is 118 Å². The first-order valence-corrected chi connectivity index (χ1v) is 20.4. The second-order valence-electron chi connectivity index (χ2n) is 15.2. The van der Waals surface area contributed by atoms with Crippen LogP contribution in [-0.2, 0) is 33.3 Å². The predicted molar refractivity (Wildman–Crippen MR) is 235 cm³/mol. The van der Waals surface area contributed by atoms with Crippen molar-refractivity contribution in [2.24, 2.45) is 11.8 Å². The first kappa shape index (κ1) is 47.0. The summed E-state index contributed by atoms with van der Waals surface area (Å²) in [5.74, 6) is -1.41. The number of carbonyl (C=O) groups is 3. The van der Waals surface area contributed by atoms with Crippen molar-refractivity contribution in [3.63, 3.8) is 0 Å². The summed E-state index contributed by atoms with van der Waals surface area (Å²) in [7, 11) is 3.15. The van der Waals surface area contributed by atoms with Gasteiger partial charge in [-0.1, -0.05) is 91.9 Å². The average Bonchev–Trinajstić information content (AvgIpc) is 3.72. The maximum atomic E-state index is 13.6. The fourth-order valence-electron chi connectivity index (χ4n) is 6.73. The lowest BCUT2D eigenvalue weighted by molar-refractivity contribution is -0.170. The van der Waals surface area contributed by atoms with Gasteiger partial charge < -0.3 is 33.5 Å². The molecular formula is C50H60O10. The molecule has 2 aromatic rings. The first-order valence-electron chi connectivity index (χ1n) is 20.4. The summed E-state index contributed by atoms with van der Waals surface area (Å²) in [6.45, 7) is 13.7. The smallest absolute Gasteiger partial charge is 0.331 e. The number of methoxy groups -OCH3 is 2. The highest BCUT2D eigenvalue weighted by atomic mass is 16.6. The second kappa shape index (κ2) is 24.4. The van der Waals surface area contributed by atoms with Crippen LogP contribution >= 0.6 is 0 Å². The highest BCUT2D eigenvalue weighted by Crippen LogP contribution is 2.31. The zero-order chi connectivity index (χ0) is 43.4. The monoisotopic (exact) mass is 820 g/mol. The Labute approximate surface area is 355 Å². The number of cyclic esters (lactones) is 1. The minimum Gasteiger partial charge on any atom is -0.497 e. The van der Waals surface area contributed by atoms with E-state index in [1.807, 2.05) is 44.2 Å². The lowest BCUT2D eigenvalue weighted by atomic mass is 9.89. The molecule has 0 saturated carbocycles. The molecule has 0 aromatic heterocycles. The number of allylic oxidation sites excluding steroid dienone is 7. The molecule has 10 heteroatoms. The van der Waals surface area contributed by atoms with Crippen LogP contribution in [0, 0.1) is 11.8 Å². The van der Waals surface area contributed by atoms with E-state index in [1.165, 1.54) is 12.2 Å². The van der Waals surface area contributed by atoms with E-state index in [-0.39, 0.29) is 12.0 Å². The zero-order valence-electron chi connectivity index (χ0n) is 35.4. The van der Waals surface area contributed by atoms with E-state index in [4.69, 9.17) is 28.4 Å². The van der Waals surface area contributed by atoms with Gasteiger partial charge in [-0.25, -0.2) is 9.59 Å². The van der Waals surface area contributed by atoms with Crippen LogP contribution in [-0.4, -0.2) is 73.9 Å². The predicted octanol–water partition coefficient (Wildman–Crippen LogP) is 9.28. The minimum absolute atomic E-state index is 0.160. The number of rotatable bonds is 14. The quantitative estimate of drug-likeness (QED) is 0.0648. The molecule has 1 fully saturated rings. The molecule has 0 amide bonds. The van der Waals surface area contributed by atoms with Gasteiger partial charge in [-0.3, -0.25) is 4.79 Å². The Balaban J connectivity index is 1.60. The molecular weight excluding hydrogens is 761 g/mol. The molecule has 1 N–H and O–H groups in total. The Morgan fingerprint density at radius 3 is 1.97 bits per heavy atom. The number of carbonyl (C=O) groups excluding carboxylic acids is 3. The van der Waals surface area contributed by atoms with Crippen LogP contribution in [0.4, 0.5) is 0 Å². The SMILES string of the molecule is C=C(C)C/C=C/C(=C)C[C@@H](C)C1OC(=O)[C@H](C)/C=C/C=C[C@@H](OC(=O)/C=C/c2ccc(OC)cc2)C(OC(=O)/C=C/c2ccc(OC)cc2)/C=C\CC[C@H]2CC[C@H](O2)[C@H]1O. The van der Waals surface area contributed by atoms with Crippen molar-refractivity contribution in [1.82, 2.24) is 0 Å². The van der Waals surface area contributed by atoms with Gasteiger partial charge in [0.1, 0.15) is 23.7 Å². The van der Waals surface area contributed by atoms with Crippen LogP contribution in [0.1, 0.15) is 70.4 Å². The Bertz CT molecular complexity index is 1920. The molecule has 4 rings (SSSR count). The van der Waals surface area contributed by atoms with Crippen LogP contribution in [0.25, 0.3) is 12.2 Å². The Hall–Kier alpha value is -5.71. The molecule has 2 aliphatic heterocycles. The zero-order valence-corrected chi connectivity index (χ0v) is 35.4. The Kier molecular flexibility index (Phi) is 19.1. The number of benzene rings is 2. The summed E-state index contributed by atoms with van der Waals surface area (Å²) in [6, 6.07) is 14.4. The molecule has 2 bridgehead atoms. The number of esters is 3. The van der Waals surface area contributed by atoms with Crippen molar-refractivity contribution in [3.8, 4) is 11.5 Å². The highest BCUT2D eigenvalue weighted by Gasteiger charge is 2.39. The van der Waals surface area contributed by atoms with Gasteiger partial charge >= 0.3 is 17.9 Å². The molecule has 0 radical (unpaired) electrons. The molecule has 2 aliphatic rings. The molecule has 320 valence electrons. The van der Waals surface area contributed by atoms with Gasteiger partial charge in [-0.2, -0.15) is 0 Å². The molecule has 2 heterocycles. The highest BCUT2D eigenvalue weighted by molar-refractivity contribution is 5.88. The molecule has 10 nitrogen and oxygen atoms in total. The normalized spacial score (nSPS) is 25.5. The standard InChI is InChI=1S/C50H60O10/c1-34(2)13-12-14-35(3)33-37(5)49-48(53)45-30-29-42(57-45)16-9-11-18-44(59-47(52)32-24-39-21-27-41(56-7)28-22-39)43(17-10-8-15-36(4)50(54)60-49)58-46(51)31-23-38-19-25-40(55-6)26-20-38/h8,10-12,14-15,17-28,31-32,36-37,42-45,48-49,53H,1,3,9,13,16,29-30,33H2,2,4-7H3/b14-12+,15-8+,17-10?,18-11-,31-23+,32-24+/t36-,37-,42+,43-,44?,45+,48-,49?/m1/s1. The fraction of sp³-hybridized carbons (Fsp3) is 0.380. The average molecular weight is 821 g/mol. The van der Waals surface area contributed by atoms with E-state index in [0.29, 0.717) is 43.6 Å². The van der Waals surface area contributed by atoms with Gasteiger partial charge in [0.15, 0.2) is 12.2 Å². The number of fused-ring (bicyclic) bond motifs is 2. The number of aliphatic hydroxyl groups excluding tert-OH is 1. The van der Waals surface area contributed by atoms with E-state index >= 15 is 0 Å². The van der Waals surface area contributed by atoms with Gasteiger partial charge in [0.25, 0.3) is 0 Å². The Morgan fingerprint density at radius 1 is 0.833 bits per heavy atom. The van der Waals surface area contributed by atoms with E-state index in [1.54, 1.807) is 100 Å². The van der Waals surface area contributed by atoms with Crippen LogP contribution in [0.3, 0.4) is 0 Å². The van der Waals surface area contributed by atoms with Crippen LogP contribution in [0.5, 0.6) is 11.5 Å². The van der Waals surface area contributed by atoms with Gasteiger partial charge in [-0.15, -0.1) is 0 Å². The largest absolute Gasteiger partial charge is 0.497 e. The van der Waals surface area contributed by atoms with E-state index in [9.17, 15) is 19.5 Å². The third-order valence-corrected chi connectivity index (χ3v) is 10.1. The van der Waals surface area contributed by atoms with E-state index < -0.39 is 54.3 Å². The van der Waals surface area contributed by atoms with Crippen LogP contribution < -0.4 is 9.47 Å². The number of hydrogen-bond acceptors (Lipinski definition) is 10. The Morgan fingerprint density at radius 2 is 1.40 bits per heavy atom. The van der Waals surface area contributed by atoms with Crippen molar-refractivity contribution < 1.29 is 47.9 Å². The van der Waals surface area contributed by atoms with E-state index in [0.717, 1.165) is 28.7 Å². The molecule has 0 aliphatic carbocycles. The van der Waals surface area contributed by atoms with Crippen molar-refractivity contribution in [2.75, 3.05) is 14.2 Å². The van der Waals surface area contributed by atoms with Gasteiger partial charge in [0, 0.05) is 12.2 Å². The summed E-state index contributed by atoms with van der Waals surface area (Å²) in [4.78, 5) is 40.1. The molecule has 2 aromatic carbocycles. The van der Waals surface area contributed by atoms with Crippen molar-refractivity contribution in [2.45, 2.75) is 95.9 Å². The third kappa shape index (κ3) is 15.8.